The van der Waals surface area contributed by atoms with Gasteiger partial charge in [-0.15, -0.1) is 0 Å². The van der Waals surface area contributed by atoms with Crippen LogP contribution in [0.5, 0.6) is 0 Å². The predicted molar refractivity (Wildman–Crippen MR) is 106 cm³/mol. The molecule has 0 bridgehead atoms. The molecule has 0 saturated carbocycles. The zero-order valence-corrected chi connectivity index (χ0v) is 16.9. The molecule has 0 aliphatic carbocycles. The third kappa shape index (κ3) is 5.57. The van der Waals surface area contributed by atoms with Crippen LogP contribution >= 0.6 is 0 Å². The highest BCUT2D eigenvalue weighted by molar-refractivity contribution is 5.71. The van der Waals surface area contributed by atoms with Crippen molar-refractivity contribution >= 4 is 5.97 Å². The molecule has 160 valence electrons. The van der Waals surface area contributed by atoms with Crippen LogP contribution in [0.1, 0.15) is 56.9 Å². The SMILES string of the molecule is O=C1CC[C@H]([C@H]2CC[C@H]([C@H]3CC[C@@H]([C@H](O)CCCOCc4ccccc4)O3)O2)O1. The molecule has 3 heterocycles. The van der Waals surface area contributed by atoms with Crippen molar-refractivity contribution in [1.29, 1.82) is 0 Å². The van der Waals surface area contributed by atoms with Crippen LogP contribution in [0.3, 0.4) is 0 Å². The Morgan fingerprint density at radius 1 is 0.966 bits per heavy atom. The second-order valence-electron chi connectivity index (χ2n) is 8.40. The van der Waals surface area contributed by atoms with Crippen LogP contribution in [-0.2, 0) is 30.3 Å². The fourth-order valence-electron chi connectivity index (χ4n) is 4.64. The third-order valence-corrected chi connectivity index (χ3v) is 6.24. The van der Waals surface area contributed by atoms with Crippen molar-refractivity contribution in [1.82, 2.24) is 0 Å². The van der Waals surface area contributed by atoms with E-state index < -0.39 is 6.10 Å². The lowest BCUT2D eigenvalue weighted by Crippen LogP contribution is -2.33. The maximum absolute atomic E-state index is 11.3. The lowest BCUT2D eigenvalue weighted by molar-refractivity contribution is -0.149. The van der Waals surface area contributed by atoms with Gasteiger partial charge in [-0.1, -0.05) is 30.3 Å². The second kappa shape index (κ2) is 10.0. The van der Waals surface area contributed by atoms with Gasteiger partial charge in [0.15, 0.2) is 0 Å². The average Bonchev–Trinajstić information content (AvgIpc) is 3.48. The van der Waals surface area contributed by atoms with E-state index in [0.717, 1.165) is 44.1 Å². The van der Waals surface area contributed by atoms with Crippen molar-refractivity contribution in [2.24, 2.45) is 0 Å². The van der Waals surface area contributed by atoms with Crippen molar-refractivity contribution < 1.29 is 28.8 Å². The second-order valence-corrected chi connectivity index (χ2v) is 8.40. The molecule has 0 spiro atoms. The Balaban J connectivity index is 1.12. The number of carbonyl (C=O) groups is 1. The van der Waals surface area contributed by atoms with Crippen molar-refractivity contribution in [2.45, 2.75) is 94.6 Å². The van der Waals surface area contributed by atoms with Crippen LogP contribution in [0.4, 0.5) is 0 Å². The maximum Gasteiger partial charge on any atom is 0.306 e. The van der Waals surface area contributed by atoms with E-state index in [0.29, 0.717) is 26.1 Å². The summed E-state index contributed by atoms with van der Waals surface area (Å²) in [5, 5.41) is 10.5. The molecule has 4 rings (SSSR count). The molecular formula is C23H32O6. The number of benzene rings is 1. The molecule has 0 amide bonds. The molecule has 1 aromatic rings. The summed E-state index contributed by atoms with van der Waals surface area (Å²) in [5.41, 5.74) is 1.16. The first-order valence-electron chi connectivity index (χ1n) is 11.0. The number of carbonyl (C=O) groups excluding carboxylic acids is 1. The van der Waals surface area contributed by atoms with E-state index >= 15 is 0 Å². The summed E-state index contributed by atoms with van der Waals surface area (Å²) in [4.78, 5) is 11.3. The number of ether oxygens (including phenoxy) is 4. The van der Waals surface area contributed by atoms with Gasteiger partial charge in [0, 0.05) is 13.0 Å². The third-order valence-electron chi connectivity index (χ3n) is 6.24. The molecule has 6 nitrogen and oxygen atoms in total. The smallest absolute Gasteiger partial charge is 0.306 e. The summed E-state index contributed by atoms with van der Waals surface area (Å²) >= 11 is 0. The molecule has 3 saturated heterocycles. The minimum absolute atomic E-state index is 0.000729. The van der Waals surface area contributed by atoms with E-state index in [1.807, 2.05) is 30.3 Å². The maximum atomic E-state index is 11.3. The normalized spacial score (nSPS) is 33.1. The van der Waals surface area contributed by atoms with E-state index in [9.17, 15) is 9.90 Å². The Morgan fingerprint density at radius 3 is 2.45 bits per heavy atom. The van der Waals surface area contributed by atoms with Crippen LogP contribution < -0.4 is 0 Å². The number of hydrogen-bond donors (Lipinski definition) is 1. The average molecular weight is 405 g/mol. The molecule has 6 atom stereocenters. The van der Waals surface area contributed by atoms with Crippen molar-refractivity contribution in [2.75, 3.05) is 6.61 Å². The van der Waals surface area contributed by atoms with Crippen molar-refractivity contribution in [3.63, 3.8) is 0 Å². The summed E-state index contributed by atoms with van der Waals surface area (Å²) < 4.78 is 23.3. The van der Waals surface area contributed by atoms with Crippen LogP contribution in [0, 0.1) is 0 Å². The molecule has 0 radical (unpaired) electrons. The summed E-state index contributed by atoms with van der Waals surface area (Å²) in [5.74, 6) is -0.116. The molecule has 3 aliphatic rings. The molecule has 3 fully saturated rings. The Bertz CT molecular complexity index is 650. The standard InChI is InChI=1S/C23H32O6/c24-17(7-4-14-26-15-16-5-2-1-3-6-16)18-8-9-19(27-18)20-10-11-21(28-20)22-12-13-23(25)29-22/h1-3,5-6,17-22,24H,4,7-15H2/t17-,18+,19-,20-,21-,22-/m1/s1. The Kier molecular flexibility index (Phi) is 7.19. The van der Waals surface area contributed by atoms with Gasteiger partial charge < -0.3 is 24.1 Å². The summed E-state index contributed by atoms with van der Waals surface area (Å²) in [6.45, 7) is 1.24. The highest BCUT2D eigenvalue weighted by Gasteiger charge is 2.43. The molecule has 0 unspecified atom stereocenters. The molecule has 1 N–H and O–H groups in total. The van der Waals surface area contributed by atoms with Gasteiger partial charge in [0.2, 0.25) is 0 Å². The fourth-order valence-corrected chi connectivity index (χ4v) is 4.64. The molecule has 3 aliphatic heterocycles. The lowest BCUT2D eigenvalue weighted by Gasteiger charge is -2.24. The Hall–Kier alpha value is -1.47. The molecular weight excluding hydrogens is 372 g/mol. The van der Waals surface area contributed by atoms with Crippen LogP contribution in [0.2, 0.25) is 0 Å². The zero-order chi connectivity index (χ0) is 20.1. The van der Waals surface area contributed by atoms with Gasteiger partial charge in [0.25, 0.3) is 0 Å². The number of hydrogen-bond acceptors (Lipinski definition) is 6. The van der Waals surface area contributed by atoms with Crippen LogP contribution in [0.15, 0.2) is 30.3 Å². The van der Waals surface area contributed by atoms with Crippen LogP contribution in [0.25, 0.3) is 0 Å². The first-order chi connectivity index (χ1) is 14.2. The molecule has 6 heteroatoms. The molecule has 29 heavy (non-hydrogen) atoms. The van der Waals surface area contributed by atoms with E-state index in [1.165, 1.54) is 0 Å². The van der Waals surface area contributed by atoms with Gasteiger partial charge in [-0.05, 0) is 50.5 Å². The van der Waals surface area contributed by atoms with E-state index in [4.69, 9.17) is 18.9 Å². The lowest BCUT2D eigenvalue weighted by atomic mass is 10.0. The minimum atomic E-state index is -0.465. The summed E-state index contributed by atoms with van der Waals surface area (Å²) in [6.07, 6.45) is 5.76. The fraction of sp³-hybridized carbons (Fsp3) is 0.696. The summed E-state index contributed by atoms with van der Waals surface area (Å²) in [7, 11) is 0. The van der Waals surface area contributed by atoms with E-state index in [2.05, 4.69) is 0 Å². The minimum Gasteiger partial charge on any atom is -0.460 e. The summed E-state index contributed by atoms with van der Waals surface area (Å²) in [6, 6.07) is 10.1. The van der Waals surface area contributed by atoms with Gasteiger partial charge in [-0.25, -0.2) is 0 Å². The first kappa shape index (κ1) is 20.8. The zero-order valence-electron chi connectivity index (χ0n) is 16.9. The quantitative estimate of drug-likeness (QED) is 0.503. The molecule has 1 aromatic carbocycles. The van der Waals surface area contributed by atoms with Crippen LogP contribution in [-0.4, -0.2) is 54.3 Å². The highest BCUT2D eigenvalue weighted by atomic mass is 16.6. The number of aliphatic hydroxyl groups excluding tert-OH is 1. The Labute approximate surface area is 172 Å². The van der Waals surface area contributed by atoms with Crippen molar-refractivity contribution in [3.8, 4) is 0 Å². The monoisotopic (exact) mass is 404 g/mol. The highest BCUT2D eigenvalue weighted by Crippen LogP contribution is 2.36. The van der Waals surface area contributed by atoms with E-state index in [-0.39, 0.29) is 36.5 Å². The van der Waals surface area contributed by atoms with Crippen molar-refractivity contribution in [3.05, 3.63) is 35.9 Å². The topological polar surface area (TPSA) is 74.2 Å². The predicted octanol–water partition coefficient (Wildman–Crippen LogP) is 3.15. The Morgan fingerprint density at radius 2 is 1.69 bits per heavy atom. The number of esters is 1. The van der Waals surface area contributed by atoms with Gasteiger partial charge in [0.1, 0.15) is 6.10 Å². The van der Waals surface area contributed by atoms with Gasteiger partial charge in [0.05, 0.1) is 37.1 Å². The van der Waals surface area contributed by atoms with Gasteiger partial charge in [-0.3, -0.25) is 4.79 Å². The number of cyclic esters (lactones) is 1. The molecule has 0 aromatic heterocycles. The largest absolute Gasteiger partial charge is 0.460 e. The van der Waals surface area contributed by atoms with E-state index in [1.54, 1.807) is 0 Å². The van der Waals surface area contributed by atoms with Gasteiger partial charge >= 0.3 is 5.97 Å². The van der Waals surface area contributed by atoms with Gasteiger partial charge in [-0.2, -0.15) is 0 Å². The number of aliphatic hydroxyl groups is 1. The first-order valence-corrected chi connectivity index (χ1v) is 11.0. The number of rotatable bonds is 9.